The summed E-state index contributed by atoms with van der Waals surface area (Å²) in [5.41, 5.74) is -1.08. The largest absolute Gasteiger partial charge is 0.545 e. The lowest BCUT2D eigenvalue weighted by molar-refractivity contribution is -0.386. The molecule has 0 N–H and O–H groups in total. The van der Waals surface area contributed by atoms with Crippen molar-refractivity contribution in [2.45, 2.75) is 0 Å². The van der Waals surface area contributed by atoms with Crippen molar-refractivity contribution in [1.29, 1.82) is 0 Å². The van der Waals surface area contributed by atoms with Crippen molar-refractivity contribution in [2.24, 2.45) is 0 Å². The number of rotatable bonds is 3. The normalized spacial score (nSPS) is 9.50. The Morgan fingerprint density at radius 3 is 2.57 bits per heavy atom. The number of para-hydroxylation sites is 1. The average Bonchev–Trinajstić information content (AvgIpc) is 2.16. The third-order valence-corrected chi connectivity index (χ3v) is 1.62. The molecule has 0 aliphatic carbocycles. The number of ether oxygens (including phenoxy) is 1. The van der Waals surface area contributed by atoms with Gasteiger partial charge in [-0.2, -0.15) is 0 Å². The molecule has 1 aromatic carbocycles. The van der Waals surface area contributed by atoms with Gasteiger partial charge in [-0.3, -0.25) is 10.1 Å². The van der Waals surface area contributed by atoms with Crippen LogP contribution in [0.3, 0.4) is 0 Å². The molecule has 0 radical (unpaired) electrons. The van der Waals surface area contributed by atoms with Gasteiger partial charge in [0, 0.05) is 0 Å². The van der Waals surface area contributed by atoms with Crippen LogP contribution in [0.5, 0.6) is 5.75 Å². The number of carbonyl (C=O) groups excluding carboxylic acids is 1. The number of nitro benzene ring substituents is 1. The molecule has 74 valence electrons. The second-order valence-corrected chi connectivity index (χ2v) is 2.40. The number of carboxylic acids is 1. The number of carbonyl (C=O) groups is 1. The zero-order chi connectivity index (χ0) is 10.7. The molecule has 1 rings (SSSR count). The number of methoxy groups -OCH3 is 1. The van der Waals surface area contributed by atoms with Gasteiger partial charge < -0.3 is 14.6 Å². The highest BCUT2D eigenvalue weighted by Crippen LogP contribution is 2.29. The third kappa shape index (κ3) is 1.63. The van der Waals surface area contributed by atoms with E-state index in [1.165, 1.54) is 19.2 Å². The second-order valence-electron chi connectivity index (χ2n) is 2.40. The van der Waals surface area contributed by atoms with Crippen LogP contribution in [0.1, 0.15) is 10.4 Å². The number of benzene rings is 1. The van der Waals surface area contributed by atoms with Gasteiger partial charge in [0.2, 0.25) is 0 Å². The molecule has 14 heavy (non-hydrogen) atoms. The van der Waals surface area contributed by atoms with Gasteiger partial charge in [0.25, 0.3) is 0 Å². The van der Waals surface area contributed by atoms with Crippen LogP contribution < -0.4 is 9.84 Å². The molecule has 0 saturated carbocycles. The van der Waals surface area contributed by atoms with Crippen molar-refractivity contribution in [3.8, 4) is 5.75 Å². The molecule has 6 heteroatoms. The van der Waals surface area contributed by atoms with E-state index in [4.69, 9.17) is 0 Å². The van der Waals surface area contributed by atoms with E-state index in [2.05, 4.69) is 4.74 Å². The molecule has 0 amide bonds. The van der Waals surface area contributed by atoms with Gasteiger partial charge in [-0.25, -0.2) is 0 Å². The Morgan fingerprint density at radius 2 is 2.14 bits per heavy atom. The summed E-state index contributed by atoms with van der Waals surface area (Å²) in [6.07, 6.45) is 0. The van der Waals surface area contributed by atoms with Crippen LogP contribution in [-0.2, 0) is 0 Å². The summed E-state index contributed by atoms with van der Waals surface area (Å²) in [6.45, 7) is 0. The second kappa shape index (κ2) is 3.73. The van der Waals surface area contributed by atoms with E-state index in [0.717, 1.165) is 6.07 Å². The zero-order valence-electron chi connectivity index (χ0n) is 7.22. The van der Waals surface area contributed by atoms with E-state index in [1.807, 2.05) is 0 Å². The van der Waals surface area contributed by atoms with E-state index in [1.54, 1.807) is 0 Å². The minimum absolute atomic E-state index is 0.100. The summed E-state index contributed by atoms with van der Waals surface area (Å²) in [7, 11) is 1.22. The summed E-state index contributed by atoms with van der Waals surface area (Å²) in [5.74, 6) is -1.70. The topological polar surface area (TPSA) is 92.5 Å². The van der Waals surface area contributed by atoms with Crippen LogP contribution in [0.15, 0.2) is 18.2 Å². The lowest BCUT2D eigenvalue weighted by atomic mass is 10.1. The first-order valence-corrected chi connectivity index (χ1v) is 3.60. The van der Waals surface area contributed by atoms with Gasteiger partial charge >= 0.3 is 5.69 Å². The fourth-order valence-electron chi connectivity index (χ4n) is 1.04. The Hall–Kier alpha value is -2.11. The highest BCUT2D eigenvalue weighted by atomic mass is 16.6. The highest BCUT2D eigenvalue weighted by Gasteiger charge is 2.20. The number of hydrogen-bond acceptors (Lipinski definition) is 5. The molecule has 0 bridgehead atoms. The fraction of sp³-hybridized carbons (Fsp3) is 0.125. The zero-order valence-corrected chi connectivity index (χ0v) is 7.22. The summed E-state index contributed by atoms with van der Waals surface area (Å²) in [6, 6.07) is 3.75. The maximum atomic E-state index is 10.5. The molecule has 0 saturated heterocycles. The van der Waals surface area contributed by atoms with E-state index >= 15 is 0 Å². The first-order chi connectivity index (χ1) is 6.57. The van der Waals surface area contributed by atoms with Crippen molar-refractivity contribution in [3.05, 3.63) is 33.9 Å². The number of nitro groups is 1. The predicted molar refractivity (Wildman–Crippen MR) is 44.0 cm³/mol. The molecule has 6 nitrogen and oxygen atoms in total. The van der Waals surface area contributed by atoms with Gasteiger partial charge in [-0.15, -0.1) is 0 Å². The quantitative estimate of drug-likeness (QED) is 0.499. The molecule has 0 aromatic heterocycles. The van der Waals surface area contributed by atoms with E-state index < -0.39 is 22.1 Å². The van der Waals surface area contributed by atoms with Crippen LogP contribution in [0, 0.1) is 10.1 Å². The van der Waals surface area contributed by atoms with E-state index in [9.17, 15) is 20.0 Å². The minimum atomic E-state index is -1.60. The first kappa shape index (κ1) is 9.97. The monoisotopic (exact) mass is 196 g/mol. The average molecular weight is 196 g/mol. The Labute approximate surface area is 78.9 Å². The summed E-state index contributed by atoms with van der Waals surface area (Å²) in [5, 5.41) is 21.1. The third-order valence-electron chi connectivity index (χ3n) is 1.62. The van der Waals surface area contributed by atoms with Crippen LogP contribution in [0.2, 0.25) is 0 Å². The maximum absolute atomic E-state index is 10.5. The van der Waals surface area contributed by atoms with Crippen molar-refractivity contribution in [2.75, 3.05) is 7.11 Å². The van der Waals surface area contributed by atoms with Crippen LogP contribution in [0.25, 0.3) is 0 Å². The van der Waals surface area contributed by atoms with E-state index in [-0.39, 0.29) is 5.75 Å². The Morgan fingerprint density at radius 1 is 1.50 bits per heavy atom. The van der Waals surface area contributed by atoms with Crippen molar-refractivity contribution < 1.29 is 19.6 Å². The summed E-state index contributed by atoms with van der Waals surface area (Å²) in [4.78, 5) is 20.2. The first-order valence-electron chi connectivity index (χ1n) is 3.60. The molecular formula is C8H6NO5-. The summed E-state index contributed by atoms with van der Waals surface area (Å²) >= 11 is 0. The van der Waals surface area contributed by atoms with Gasteiger partial charge in [0.1, 0.15) is 0 Å². The van der Waals surface area contributed by atoms with Crippen LogP contribution >= 0.6 is 0 Å². The standard InChI is InChI=1S/C8H7NO5/c1-14-6-4-2-3-5(8(10)11)7(6)9(12)13/h2-4H,1H3,(H,10,11)/p-1. The Balaban J connectivity index is 3.43. The number of hydrogen-bond donors (Lipinski definition) is 0. The van der Waals surface area contributed by atoms with Gasteiger partial charge in [0.15, 0.2) is 5.75 Å². The Kier molecular flexibility index (Phi) is 2.66. The maximum Gasteiger partial charge on any atom is 0.319 e. The lowest BCUT2D eigenvalue weighted by Gasteiger charge is -2.06. The molecule has 0 atom stereocenters. The number of nitrogens with zero attached hydrogens (tertiary/aromatic N) is 1. The molecule has 0 aliphatic heterocycles. The highest BCUT2D eigenvalue weighted by molar-refractivity contribution is 5.92. The molecule has 0 spiro atoms. The van der Waals surface area contributed by atoms with Gasteiger partial charge in [-0.1, -0.05) is 6.07 Å². The molecule has 0 fully saturated rings. The molecule has 0 heterocycles. The van der Waals surface area contributed by atoms with Crippen LogP contribution in [-0.4, -0.2) is 18.0 Å². The van der Waals surface area contributed by atoms with Gasteiger partial charge in [0.05, 0.1) is 23.6 Å². The molecule has 0 aliphatic rings. The predicted octanol–water partition coefficient (Wildman–Crippen LogP) is -0.0331. The van der Waals surface area contributed by atoms with E-state index in [0.29, 0.717) is 0 Å². The number of carboxylic acid groups (broad SMARTS) is 1. The SMILES string of the molecule is COc1cccc(C(=O)[O-])c1[N+](=O)[O-]. The smallest absolute Gasteiger partial charge is 0.319 e. The summed E-state index contributed by atoms with van der Waals surface area (Å²) < 4.78 is 4.66. The van der Waals surface area contributed by atoms with Crippen molar-refractivity contribution in [1.82, 2.24) is 0 Å². The molecular weight excluding hydrogens is 190 g/mol. The minimum Gasteiger partial charge on any atom is -0.545 e. The fourth-order valence-corrected chi connectivity index (χ4v) is 1.04. The molecule has 0 unspecified atom stereocenters. The van der Waals surface area contributed by atoms with Crippen molar-refractivity contribution in [3.63, 3.8) is 0 Å². The number of aromatic carboxylic acids is 1. The van der Waals surface area contributed by atoms with Crippen LogP contribution in [0.4, 0.5) is 5.69 Å². The van der Waals surface area contributed by atoms with Gasteiger partial charge in [-0.05, 0) is 12.1 Å². The van der Waals surface area contributed by atoms with Crippen molar-refractivity contribution >= 4 is 11.7 Å². The molecule has 1 aromatic rings. The Bertz CT molecular complexity index is 387. The lowest BCUT2D eigenvalue weighted by Crippen LogP contribution is -2.23.